The van der Waals surface area contributed by atoms with Gasteiger partial charge in [0.05, 0.1) is 6.04 Å². The first-order valence-electron chi connectivity index (χ1n) is 7.93. The molecule has 2 rings (SSSR count). The lowest BCUT2D eigenvalue weighted by atomic mass is 10.0. The number of carbonyl (C=O) groups is 1. The maximum absolute atomic E-state index is 13.6. The number of hydrogen-bond donors (Lipinski definition) is 1. The van der Waals surface area contributed by atoms with Gasteiger partial charge in [-0.2, -0.15) is 0 Å². The van der Waals surface area contributed by atoms with Crippen molar-refractivity contribution in [3.05, 3.63) is 30.1 Å². The summed E-state index contributed by atoms with van der Waals surface area (Å²) < 4.78 is 19.3. The molecule has 0 unspecified atom stereocenters. The minimum atomic E-state index is -0.427. The lowest BCUT2D eigenvalue weighted by Crippen LogP contribution is -2.49. The first kappa shape index (κ1) is 16.7. The first-order valence-corrected chi connectivity index (χ1v) is 7.93. The van der Waals surface area contributed by atoms with E-state index in [-0.39, 0.29) is 23.6 Å². The van der Waals surface area contributed by atoms with E-state index in [0.717, 1.165) is 0 Å². The number of halogens is 1. The Morgan fingerprint density at radius 2 is 2.00 bits per heavy atom. The molecule has 2 N–H and O–H groups in total. The molecule has 0 radical (unpaired) electrons. The Bertz CT molecular complexity index is 499. The molecule has 1 aromatic carbocycles. The molecule has 22 heavy (non-hydrogen) atoms. The molecule has 1 heterocycles. The monoisotopic (exact) mass is 308 g/mol. The van der Waals surface area contributed by atoms with E-state index < -0.39 is 6.04 Å². The van der Waals surface area contributed by atoms with Gasteiger partial charge in [-0.05, 0) is 24.5 Å². The minimum absolute atomic E-state index is 0.0121. The van der Waals surface area contributed by atoms with Gasteiger partial charge in [-0.1, -0.05) is 26.0 Å². The summed E-state index contributed by atoms with van der Waals surface area (Å²) in [5.74, 6) is 0.350. The summed E-state index contributed by atoms with van der Waals surface area (Å²) in [6, 6.07) is 5.98. The van der Waals surface area contributed by atoms with Crippen molar-refractivity contribution in [3.63, 3.8) is 0 Å². The summed E-state index contributed by atoms with van der Waals surface area (Å²) in [5.41, 5.74) is 5.96. The van der Waals surface area contributed by atoms with E-state index in [1.807, 2.05) is 0 Å². The number of amides is 1. The van der Waals surface area contributed by atoms with Crippen molar-refractivity contribution in [2.24, 2.45) is 11.7 Å². The second kappa shape index (κ2) is 7.58. The molecule has 0 bridgehead atoms. The first-order chi connectivity index (χ1) is 10.5. The van der Waals surface area contributed by atoms with E-state index in [1.165, 1.54) is 6.07 Å². The van der Waals surface area contributed by atoms with Gasteiger partial charge in [-0.3, -0.25) is 4.79 Å². The van der Waals surface area contributed by atoms with Crippen molar-refractivity contribution >= 4 is 5.91 Å². The third kappa shape index (κ3) is 4.44. The van der Waals surface area contributed by atoms with Gasteiger partial charge in [-0.15, -0.1) is 0 Å². The second-order valence-electron chi connectivity index (χ2n) is 6.31. The SMILES string of the molecule is CC(C)C[C@@H](N)C(=O)N1CCC(Oc2ccccc2F)CC1. The minimum Gasteiger partial charge on any atom is -0.487 e. The number of carbonyl (C=O) groups excluding carboxylic acids is 1. The third-order valence-corrected chi connectivity index (χ3v) is 3.93. The highest BCUT2D eigenvalue weighted by molar-refractivity contribution is 5.81. The van der Waals surface area contributed by atoms with Crippen LogP contribution in [0.5, 0.6) is 5.75 Å². The van der Waals surface area contributed by atoms with Crippen molar-refractivity contribution in [1.82, 2.24) is 4.90 Å². The number of likely N-dealkylation sites (tertiary alicyclic amines) is 1. The number of benzene rings is 1. The molecular formula is C17H25FN2O2. The Kier molecular flexibility index (Phi) is 5.77. The molecule has 1 saturated heterocycles. The summed E-state index contributed by atoms with van der Waals surface area (Å²) in [5, 5.41) is 0. The van der Waals surface area contributed by atoms with Crippen LogP contribution in [0.15, 0.2) is 24.3 Å². The summed E-state index contributed by atoms with van der Waals surface area (Å²) in [7, 11) is 0. The predicted molar refractivity (Wildman–Crippen MR) is 84.1 cm³/mol. The Labute approximate surface area is 131 Å². The van der Waals surface area contributed by atoms with E-state index in [0.29, 0.717) is 38.3 Å². The van der Waals surface area contributed by atoms with E-state index >= 15 is 0 Å². The second-order valence-corrected chi connectivity index (χ2v) is 6.31. The summed E-state index contributed by atoms with van der Waals surface area (Å²) in [6.07, 6.45) is 2.05. The molecule has 0 spiro atoms. The van der Waals surface area contributed by atoms with E-state index in [9.17, 15) is 9.18 Å². The molecule has 0 saturated carbocycles. The highest BCUT2D eigenvalue weighted by atomic mass is 19.1. The molecule has 1 aliphatic heterocycles. The van der Waals surface area contributed by atoms with Crippen molar-refractivity contribution in [3.8, 4) is 5.75 Å². The van der Waals surface area contributed by atoms with Gasteiger partial charge >= 0.3 is 0 Å². The highest BCUT2D eigenvalue weighted by Gasteiger charge is 2.27. The Hall–Kier alpha value is -1.62. The van der Waals surface area contributed by atoms with Gasteiger partial charge in [0.15, 0.2) is 11.6 Å². The number of piperidine rings is 1. The molecule has 5 heteroatoms. The summed E-state index contributed by atoms with van der Waals surface area (Å²) in [6.45, 7) is 5.34. The van der Waals surface area contributed by atoms with Crippen LogP contribution in [0.25, 0.3) is 0 Å². The molecule has 122 valence electrons. The average molecular weight is 308 g/mol. The standard InChI is InChI=1S/C17H25FN2O2/c1-12(2)11-15(19)17(21)20-9-7-13(8-10-20)22-16-6-4-3-5-14(16)18/h3-6,12-13,15H,7-11,19H2,1-2H3/t15-/m1/s1. The summed E-state index contributed by atoms with van der Waals surface area (Å²) >= 11 is 0. The van der Waals surface area contributed by atoms with Crippen LogP contribution in [0.1, 0.15) is 33.1 Å². The molecule has 1 fully saturated rings. The third-order valence-electron chi connectivity index (χ3n) is 3.93. The van der Waals surface area contributed by atoms with Gasteiger partial charge in [0.1, 0.15) is 6.10 Å². The molecule has 4 nitrogen and oxygen atoms in total. The van der Waals surface area contributed by atoms with E-state index in [4.69, 9.17) is 10.5 Å². The fourth-order valence-electron chi connectivity index (χ4n) is 2.76. The van der Waals surface area contributed by atoms with Crippen LogP contribution < -0.4 is 10.5 Å². The van der Waals surface area contributed by atoms with Crippen molar-refractivity contribution in [1.29, 1.82) is 0 Å². The average Bonchev–Trinajstić information content (AvgIpc) is 2.49. The zero-order chi connectivity index (χ0) is 16.1. The van der Waals surface area contributed by atoms with Crippen LogP contribution in [0.4, 0.5) is 4.39 Å². The van der Waals surface area contributed by atoms with Gasteiger partial charge in [0.2, 0.25) is 5.91 Å². The lowest BCUT2D eigenvalue weighted by Gasteiger charge is -2.34. The molecule has 1 amide bonds. The van der Waals surface area contributed by atoms with Crippen LogP contribution in [-0.4, -0.2) is 36.0 Å². The number of ether oxygens (including phenoxy) is 1. The normalized spacial score (nSPS) is 17.6. The van der Waals surface area contributed by atoms with Gasteiger partial charge in [0.25, 0.3) is 0 Å². The largest absolute Gasteiger partial charge is 0.487 e. The fraction of sp³-hybridized carbons (Fsp3) is 0.588. The van der Waals surface area contributed by atoms with Crippen LogP contribution >= 0.6 is 0 Å². The van der Waals surface area contributed by atoms with Crippen LogP contribution in [0, 0.1) is 11.7 Å². The molecule has 0 aliphatic carbocycles. The highest BCUT2D eigenvalue weighted by Crippen LogP contribution is 2.22. The van der Waals surface area contributed by atoms with Crippen molar-refractivity contribution in [2.75, 3.05) is 13.1 Å². The smallest absolute Gasteiger partial charge is 0.239 e. The lowest BCUT2D eigenvalue weighted by molar-refractivity contribution is -0.134. The molecule has 1 aromatic rings. The van der Waals surface area contributed by atoms with Crippen molar-refractivity contribution < 1.29 is 13.9 Å². The van der Waals surface area contributed by atoms with Crippen LogP contribution in [0.3, 0.4) is 0 Å². The van der Waals surface area contributed by atoms with Gasteiger partial charge in [0, 0.05) is 25.9 Å². The molecule has 0 aromatic heterocycles. The zero-order valence-corrected chi connectivity index (χ0v) is 13.3. The zero-order valence-electron chi connectivity index (χ0n) is 13.3. The molecule has 1 aliphatic rings. The van der Waals surface area contributed by atoms with E-state index in [1.54, 1.807) is 23.1 Å². The quantitative estimate of drug-likeness (QED) is 0.909. The number of rotatable bonds is 5. The fourth-order valence-corrected chi connectivity index (χ4v) is 2.76. The predicted octanol–water partition coefficient (Wildman–Crippen LogP) is 2.57. The number of para-hydroxylation sites is 1. The van der Waals surface area contributed by atoms with Gasteiger partial charge in [-0.25, -0.2) is 4.39 Å². The molecule has 1 atom stereocenters. The maximum atomic E-state index is 13.6. The van der Waals surface area contributed by atoms with Gasteiger partial charge < -0.3 is 15.4 Å². The van der Waals surface area contributed by atoms with E-state index in [2.05, 4.69) is 13.8 Å². The Morgan fingerprint density at radius 1 is 1.36 bits per heavy atom. The maximum Gasteiger partial charge on any atom is 0.239 e. The Morgan fingerprint density at radius 3 is 2.59 bits per heavy atom. The summed E-state index contributed by atoms with van der Waals surface area (Å²) in [4.78, 5) is 14.1. The topological polar surface area (TPSA) is 55.6 Å². The number of nitrogens with zero attached hydrogens (tertiary/aromatic N) is 1. The van der Waals surface area contributed by atoms with Crippen molar-refractivity contribution in [2.45, 2.75) is 45.3 Å². The number of hydrogen-bond acceptors (Lipinski definition) is 3. The number of nitrogens with two attached hydrogens (primary N) is 1. The van der Waals surface area contributed by atoms with Crippen LogP contribution in [-0.2, 0) is 4.79 Å². The Balaban J connectivity index is 1.83. The molecular weight excluding hydrogens is 283 g/mol. The van der Waals surface area contributed by atoms with Crippen LogP contribution in [0.2, 0.25) is 0 Å².